The fraction of sp³-hybridized carbons (Fsp3) is 0.273. The maximum atomic E-state index is 10.6. The lowest BCUT2D eigenvalue weighted by atomic mass is 10.1. The lowest BCUT2D eigenvalue weighted by Gasteiger charge is -2.07. The Morgan fingerprint density at radius 3 is 2.94 bits per heavy atom. The standard InChI is InChI=1S/C11H12N2O4/c1-5-13-8-3-2-6(4-7(12)11(15)16)9(14)10(8)17-5/h2-3,7,14H,4,12H2,1H3,(H,15,16). The summed E-state index contributed by atoms with van der Waals surface area (Å²) in [6.07, 6.45) is 0.0385. The van der Waals surface area contributed by atoms with Crippen LogP contribution in [0.3, 0.4) is 0 Å². The molecule has 17 heavy (non-hydrogen) atoms. The van der Waals surface area contributed by atoms with Gasteiger partial charge >= 0.3 is 5.97 Å². The molecule has 0 saturated heterocycles. The number of aromatic hydroxyl groups is 1. The normalized spacial score (nSPS) is 12.8. The third kappa shape index (κ3) is 2.07. The maximum absolute atomic E-state index is 10.6. The van der Waals surface area contributed by atoms with Gasteiger partial charge < -0.3 is 20.4 Å². The van der Waals surface area contributed by atoms with Gasteiger partial charge in [-0.1, -0.05) is 6.07 Å². The molecule has 0 bridgehead atoms. The zero-order valence-electron chi connectivity index (χ0n) is 9.17. The molecule has 1 heterocycles. The Morgan fingerprint density at radius 1 is 1.59 bits per heavy atom. The van der Waals surface area contributed by atoms with Crippen molar-refractivity contribution >= 4 is 17.1 Å². The summed E-state index contributed by atoms with van der Waals surface area (Å²) < 4.78 is 5.23. The van der Waals surface area contributed by atoms with Crippen LogP contribution in [0.15, 0.2) is 16.5 Å². The van der Waals surface area contributed by atoms with E-state index >= 15 is 0 Å². The Morgan fingerprint density at radius 2 is 2.29 bits per heavy atom. The minimum Gasteiger partial charge on any atom is -0.504 e. The van der Waals surface area contributed by atoms with E-state index in [1.54, 1.807) is 19.1 Å². The Bertz CT molecular complexity index is 576. The van der Waals surface area contributed by atoms with Crippen molar-refractivity contribution in [3.63, 3.8) is 0 Å². The van der Waals surface area contributed by atoms with Crippen LogP contribution in [0.2, 0.25) is 0 Å². The van der Waals surface area contributed by atoms with Gasteiger partial charge in [0, 0.05) is 18.9 Å². The highest BCUT2D eigenvalue weighted by atomic mass is 16.4. The predicted octanol–water partition coefficient (Wildman–Crippen LogP) is 0.796. The van der Waals surface area contributed by atoms with E-state index in [0.29, 0.717) is 17.0 Å². The van der Waals surface area contributed by atoms with Gasteiger partial charge in [-0.25, -0.2) is 4.98 Å². The number of benzene rings is 1. The number of fused-ring (bicyclic) bond motifs is 1. The second-order valence-corrected chi connectivity index (χ2v) is 3.80. The number of aromatic nitrogens is 1. The second kappa shape index (κ2) is 4.06. The average molecular weight is 236 g/mol. The third-order valence-electron chi connectivity index (χ3n) is 2.48. The molecule has 0 spiro atoms. The summed E-state index contributed by atoms with van der Waals surface area (Å²) in [4.78, 5) is 14.7. The quantitative estimate of drug-likeness (QED) is 0.727. The molecule has 1 unspecified atom stereocenters. The Labute approximate surface area is 96.7 Å². The summed E-state index contributed by atoms with van der Waals surface area (Å²) in [6.45, 7) is 1.67. The number of carboxylic acid groups (broad SMARTS) is 1. The van der Waals surface area contributed by atoms with Gasteiger partial charge in [-0.05, 0) is 6.07 Å². The Kier molecular flexibility index (Phi) is 2.72. The fourth-order valence-electron chi connectivity index (χ4n) is 1.62. The number of hydrogen-bond donors (Lipinski definition) is 3. The highest BCUT2D eigenvalue weighted by Gasteiger charge is 2.17. The molecule has 0 aliphatic rings. The number of phenolic OH excluding ortho intramolecular Hbond substituents is 1. The maximum Gasteiger partial charge on any atom is 0.320 e. The molecule has 6 heteroatoms. The number of nitrogens with two attached hydrogens (primary N) is 1. The molecule has 1 atom stereocenters. The van der Waals surface area contributed by atoms with Crippen LogP contribution in [-0.2, 0) is 11.2 Å². The lowest BCUT2D eigenvalue weighted by Crippen LogP contribution is -2.32. The van der Waals surface area contributed by atoms with Gasteiger partial charge in [0.15, 0.2) is 17.2 Å². The minimum atomic E-state index is -1.11. The van der Waals surface area contributed by atoms with Gasteiger partial charge in [-0.2, -0.15) is 0 Å². The van der Waals surface area contributed by atoms with Crippen molar-refractivity contribution in [3.8, 4) is 5.75 Å². The molecular weight excluding hydrogens is 224 g/mol. The van der Waals surface area contributed by atoms with Gasteiger partial charge in [-0.3, -0.25) is 4.79 Å². The molecule has 0 saturated carbocycles. The van der Waals surface area contributed by atoms with Crippen molar-refractivity contribution < 1.29 is 19.4 Å². The van der Waals surface area contributed by atoms with Crippen LogP contribution in [-0.4, -0.2) is 27.2 Å². The Hall–Kier alpha value is -2.08. The van der Waals surface area contributed by atoms with Gasteiger partial charge in [0.2, 0.25) is 0 Å². The molecule has 90 valence electrons. The van der Waals surface area contributed by atoms with Gasteiger partial charge in [0.05, 0.1) is 0 Å². The predicted molar refractivity (Wildman–Crippen MR) is 59.7 cm³/mol. The van der Waals surface area contributed by atoms with E-state index in [4.69, 9.17) is 15.3 Å². The molecule has 4 N–H and O–H groups in total. The number of carboxylic acids is 1. The van der Waals surface area contributed by atoms with Crippen LogP contribution in [0, 0.1) is 6.92 Å². The monoisotopic (exact) mass is 236 g/mol. The van der Waals surface area contributed by atoms with E-state index in [1.165, 1.54) is 0 Å². The van der Waals surface area contributed by atoms with Crippen molar-refractivity contribution in [2.24, 2.45) is 5.73 Å². The van der Waals surface area contributed by atoms with Crippen molar-refractivity contribution in [1.82, 2.24) is 4.98 Å². The summed E-state index contributed by atoms with van der Waals surface area (Å²) >= 11 is 0. The number of nitrogens with zero attached hydrogens (tertiary/aromatic N) is 1. The van der Waals surface area contributed by atoms with E-state index in [-0.39, 0.29) is 17.8 Å². The molecule has 0 fully saturated rings. The van der Waals surface area contributed by atoms with E-state index in [0.717, 1.165) is 0 Å². The first-order valence-corrected chi connectivity index (χ1v) is 5.05. The zero-order chi connectivity index (χ0) is 12.6. The lowest BCUT2D eigenvalue weighted by molar-refractivity contribution is -0.138. The number of aliphatic carboxylic acids is 1. The smallest absolute Gasteiger partial charge is 0.320 e. The molecule has 6 nitrogen and oxygen atoms in total. The van der Waals surface area contributed by atoms with Crippen LogP contribution < -0.4 is 5.73 Å². The molecule has 0 amide bonds. The summed E-state index contributed by atoms with van der Waals surface area (Å²) in [5, 5.41) is 18.6. The second-order valence-electron chi connectivity index (χ2n) is 3.80. The van der Waals surface area contributed by atoms with Crippen LogP contribution in [0.1, 0.15) is 11.5 Å². The molecular formula is C11H12N2O4. The van der Waals surface area contributed by atoms with Crippen molar-refractivity contribution in [1.29, 1.82) is 0 Å². The highest BCUT2D eigenvalue weighted by Crippen LogP contribution is 2.29. The van der Waals surface area contributed by atoms with Crippen LogP contribution in [0.5, 0.6) is 5.75 Å². The van der Waals surface area contributed by atoms with Crippen LogP contribution in [0.4, 0.5) is 0 Å². The first kappa shape index (κ1) is 11.4. The SMILES string of the molecule is Cc1nc2ccc(CC(N)C(=O)O)c(O)c2o1. The van der Waals surface area contributed by atoms with Gasteiger partial charge in [-0.15, -0.1) is 0 Å². The molecule has 0 aliphatic carbocycles. The minimum absolute atomic E-state index is 0.0385. The fourth-order valence-corrected chi connectivity index (χ4v) is 1.62. The van der Waals surface area contributed by atoms with E-state index in [2.05, 4.69) is 4.98 Å². The molecule has 1 aromatic heterocycles. The highest BCUT2D eigenvalue weighted by molar-refractivity contribution is 5.81. The first-order chi connectivity index (χ1) is 7.99. The third-order valence-corrected chi connectivity index (χ3v) is 2.48. The largest absolute Gasteiger partial charge is 0.504 e. The van der Waals surface area contributed by atoms with E-state index in [9.17, 15) is 9.90 Å². The van der Waals surface area contributed by atoms with Crippen molar-refractivity contribution in [3.05, 3.63) is 23.6 Å². The van der Waals surface area contributed by atoms with E-state index < -0.39 is 12.0 Å². The summed E-state index contributed by atoms with van der Waals surface area (Å²) in [5.41, 5.74) is 6.64. The number of carbonyl (C=O) groups is 1. The molecule has 0 aliphatic heterocycles. The summed E-state index contributed by atoms with van der Waals surface area (Å²) in [6, 6.07) is 2.21. The van der Waals surface area contributed by atoms with Crippen molar-refractivity contribution in [2.75, 3.05) is 0 Å². The summed E-state index contributed by atoms with van der Waals surface area (Å²) in [7, 11) is 0. The number of hydrogen-bond acceptors (Lipinski definition) is 5. The first-order valence-electron chi connectivity index (χ1n) is 5.05. The van der Waals surface area contributed by atoms with Crippen molar-refractivity contribution in [2.45, 2.75) is 19.4 Å². The molecule has 1 aromatic carbocycles. The number of phenols is 1. The number of aryl methyl sites for hydroxylation is 1. The summed E-state index contributed by atoms with van der Waals surface area (Å²) in [5.74, 6) is -0.770. The molecule has 2 rings (SSSR count). The van der Waals surface area contributed by atoms with Gasteiger partial charge in [0.25, 0.3) is 0 Å². The number of oxazole rings is 1. The zero-order valence-corrected chi connectivity index (χ0v) is 9.17. The van der Waals surface area contributed by atoms with Gasteiger partial charge in [0.1, 0.15) is 11.6 Å². The number of rotatable bonds is 3. The molecule has 0 radical (unpaired) electrons. The average Bonchev–Trinajstić information content (AvgIpc) is 2.63. The van der Waals surface area contributed by atoms with Crippen LogP contribution in [0.25, 0.3) is 11.1 Å². The topological polar surface area (TPSA) is 110 Å². The Balaban J connectivity index is 2.42. The van der Waals surface area contributed by atoms with Crippen LogP contribution >= 0.6 is 0 Å². The van der Waals surface area contributed by atoms with E-state index in [1.807, 2.05) is 0 Å². The molecule has 2 aromatic rings.